The summed E-state index contributed by atoms with van der Waals surface area (Å²) in [6, 6.07) is 8.13. The van der Waals surface area contributed by atoms with E-state index in [9.17, 15) is 10.2 Å². The molecule has 0 heterocycles. The van der Waals surface area contributed by atoms with E-state index in [1.807, 2.05) is 24.3 Å². The van der Waals surface area contributed by atoms with Crippen molar-refractivity contribution in [1.82, 2.24) is 0 Å². The first-order valence-corrected chi connectivity index (χ1v) is 12.6. The largest absolute Gasteiger partial charge is 0.507 e. The van der Waals surface area contributed by atoms with Crippen LogP contribution >= 0.6 is 25.3 Å². The molecule has 0 bridgehead atoms. The summed E-state index contributed by atoms with van der Waals surface area (Å²) in [4.78, 5) is 0. The summed E-state index contributed by atoms with van der Waals surface area (Å²) in [5.74, 6) is 0.681. The molecule has 2 aromatic carbocycles. The smallest absolute Gasteiger partial charge is 0.123 e. The first kappa shape index (κ1) is 28.0. The van der Waals surface area contributed by atoms with Crippen LogP contribution in [0.5, 0.6) is 11.5 Å². The van der Waals surface area contributed by atoms with Crippen LogP contribution in [0.2, 0.25) is 0 Å². The SMILES string of the molecule is CC(C)(C)c1cc(C(S)(S)c2cc(C(C)(C)C)c(O)c(C(C)(C)C)c2)cc(C(C)(C)C)c1O. The zero-order valence-electron chi connectivity index (χ0n) is 22.6. The second kappa shape index (κ2) is 8.45. The number of benzene rings is 2. The molecule has 0 aromatic heterocycles. The van der Waals surface area contributed by atoms with Gasteiger partial charge in [-0.3, -0.25) is 0 Å². The van der Waals surface area contributed by atoms with Gasteiger partial charge in [-0.2, -0.15) is 25.3 Å². The maximum Gasteiger partial charge on any atom is 0.123 e. The Morgan fingerprint density at radius 3 is 0.788 bits per heavy atom. The lowest BCUT2D eigenvalue weighted by atomic mass is 9.76. The van der Waals surface area contributed by atoms with Gasteiger partial charge in [0.25, 0.3) is 0 Å². The molecular weight excluding hydrogens is 444 g/mol. The number of phenols is 2. The van der Waals surface area contributed by atoms with Crippen LogP contribution in [-0.4, -0.2) is 10.2 Å². The lowest BCUT2D eigenvalue weighted by Crippen LogP contribution is -2.23. The molecule has 0 spiro atoms. The van der Waals surface area contributed by atoms with Gasteiger partial charge in [0.05, 0.1) is 0 Å². The van der Waals surface area contributed by atoms with E-state index < -0.39 is 4.08 Å². The third-order valence-electron chi connectivity index (χ3n) is 6.26. The lowest BCUT2D eigenvalue weighted by molar-refractivity contribution is 0.422. The Balaban J connectivity index is 2.95. The van der Waals surface area contributed by atoms with Crippen LogP contribution in [0.25, 0.3) is 0 Å². The van der Waals surface area contributed by atoms with E-state index in [0.717, 1.165) is 33.4 Å². The van der Waals surface area contributed by atoms with Gasteiger partial charge >= 0.3 is 0 Å². The highest BCUT2D eigenvalue weighted by molar-refractivity contribution is 8.00. The summed E-state index contributed by atoms with van der Waals surface area (Å²) in [7, 11) is 0. The molecule has 0 fully saturated rings. The quantitative estimate of drug-likeness (QED) is 0.253. The van der Waals surface area contributed by atoms with Crippen molar-refractivity contribution < 1.29 is 10.2 Å². The summed E-state index contributed by atoms with van der Waals surface area (Å²) < 4.78 is -0.929. The average Bonchev–Trinajstić information content (AvgIpc) is 2.57. The van der Waals surface area contributed by atoms with Gasteiger partial charge in [0, 0.05) is 0 Å². The minimum atomic E-state index is -0.929. The Morgan fingerprint density at radius 1 is 0.455 bits per heavy atom. The van der Waals surface area contributed by atoms with Crippen LogP contribution in [0.15, 0.2) is 24.3 Å². The molecule has 4 heteroatoms. The molecule has 0 saturated carbocycles. The van der Waals surface area contributed by atoms with Crippen molar-refractivity contribution in [2.75, 3.05) is 0 Å². The minimum absolute atomic E-state index is 0.250. The van der Waals surface area contributed by atoms with Crippen LogP contribution in [0, 0.1) is 0 Å². The molecule has 0 amide bonds. The Labute approximate surface area is 213 Å². The molecule has 2 rings (SSSR count). The van der Waals surface area contributed by atoms with Crippen LogP contribution < -0.4 is 0 Å². The summed E-state index contributed by atoms with van der Waals surface area (Å²) in [5.41, 5.74) is 4.33. The molecule has 0 unspecified atom stereocenters. The van der Waals surface area contributed by atoms with Crippen molar-refractivity contribution in [1.29, 1.82) is 0 Å². The van der Waals surface area contributed by atoms with Crippen molar-refractivity contribution >= 4 is 25.3 Å². The average molecular weight is 489 g/mol. The van der Waals surface area contributed by atoms with Crippen LogP contribution in [-0.2, 0) is 25.7 Å². The predicted molar refractivity (Wildman–Crippen MR) is 150 cm³/mol. The fourth-order valence-corrected chi connectivity index (χ4v) is 4.64. The maximum atomic E-state index is 11.2. The molecule has 2 aromatic rings. The molecule has 0 radical (unpaired) electrons. The Morgan fingerprint density at radius 2 is 0.636 bits per heavy atom. The van der Waals surface area contributed by atoms with Crippen LogP contribution in [0.4, 0.5) is 0 Å². The number of rotatable bonds is 2. The van der Waals surface area contributed by atoms with Gasteiger partial charge in [0.2, 0.25) is 0 Å². The van der Waals surface area contributed by atoms with Crippen molar-refractivity contribution in [2.24, 2.45) is 0 Å². The molecular formula is C29H44O2S2. The highest BCUT2D eigenvalue weighted by Crippen LogP contribution is 2.49. The van der Waals surface area contributed by atoms with Gasteiger partial charge in [0.1, 0.15) is 15.6 Å². The fraction of sp³-hybridized carbons (Fsp3) is 0.586. The van der Waals surface area contributed by atoms with Gasteiger partial charge in [-0.05, 0) is 79.3 Å². The van der Waals surface area contributed by atoms with E-state index >= 15 is 0 Å². The zero-order chi connectivity index (χ0) is 25.9. The number of hydrogen-bond acceptors (Lipinski definition) is 4. The number of thiol groups is 2. The molecule has 0 aliphatic rings. The first-order chi connectivity index (χ1) is 14.5. The maximum absolute atomic E-state index is 11.2. The summed E-state index contributed by atoms with van der Waals surface area (Å²) in [6.07, 6.45) is 0. The summed E-state index contributed by atoms with van der Waals surface area (Å²) in [6.45, 7) is 25.2. The second-order valence-corrected chi connectivity index (χ2v) is 15.2. The summed E-state index contributed by atoms with van der Waals surface area (Å²) >= 11 is 10.2. The predicted octanol–water partition coefficient (Wildman–Crippen LogP) is 8.35. The van der Waals surface area contributed by atoms with Gasteiger partial charge in [0.15, 0.2) is 0 Å². The highest BCUT2D eigenvalue weighted by atomic mass is 32.2. The Kier molecular flexibility index (Phi) is 7.16. The molecule has 33 heavy (non-hydrogen) atoms. The minimum Gasteiger partial charge on any atom is -0.507 e. The van der Waals surface area contributed by atoms with Gasteiger partial charge in [-0.1, -0.05) is 83.1 Å². The molecule has 0 atom stereocenters. The Hall–Kier alpha value is -1.26. The number of aromatic hydroxyl groups is 2. The standard InChI is InChI=1S/C29H44O2S2/c1-25(2,3)19-13-17(14-20(23(19)30)26(4,5)6)29(32,33)18-15-21(27(7,8)9)24(31)22(16-18)28(10,11)12/h13-16,30-33H,1-12H3. The van der Waals surface area contributed by atoms with Crippen LogP contribution in [0.3, 0.4) is 0 Å². The molecule has 2 nitrogen and oxygen atoms in total. The number of phenolic OH excluding ortho intramolecular Hbond substituents is 2. The van der Waals surface area contributed by atoms with Crippen molar-refractivity contribution in [3.63, 3.8) is 0 Å². The fourth-order valence-electron chi connectivity index (χ4n) is 4.12. The van der Waals surface area contributed by atoms with Gasteiger partial charge < -0.3 is 10.2 Å². The highest BCUT2D eigenvalue weighted by Gasteiger charge is 2.35. The normalized spacial score (nSPS) is 14.0. The van der Waals surface area contributed by atoms with E-state index in [0.29, 0.717) is 11.5 Å². The molecule has 184 valence electrons. The van der Waals surface area contributed by atoms with E-state index in [-0.39, 0.29) is 21.7 Å². The third-order valence-corrected chi connectivity index (χ3v) is 7.29. The monoisotopic (exact) mass is 488 g/mol. The first-order valence-electron chi connectivity index (χ1n) is 11.7. The molecule has 0 aliphatic carbocycles. The van der Waals surface area contributed by atoms with Crippen molar-refractivity contribution in [3.8, 4) is 11.5 Å². The van der Waals surface area contributed by atoms with Crippen molar-refractivity contribution in [3.05, 3.63) is 57.6 Å². The van der Waals surface area contributed by atoms with E-state index in [2.05, 4.69) is 83.1 Å². The number of hydrogen-bond donors (Lipinski definition) is 4. The van der Waals surface area contributed by atoms with E-state index in [4.69, 9.17) is 25.3 Å². The van der Waals surface area contributed by atoms with Gasteiger partial charge in [-0.15, -0.1) is 0 Å². The summed E-state index contributed by atoms with van der Waals surface area (Å²) in [5, 5.41) is 22.4. The molecule has 0 saturated heterocycles. The third kappa shape index (κ3) is 5.70. The zero-order valence-corrected chi connectivity index (χ0v) is 24.4. The van der Waals surface area contributed by atoms with Gasteiger partial charge in [-0.25, -0.2) is 0 Å². The van der Waals surface area contributed by atoms with Crippen molar-refractivity contribution in [2.45, 2.75) is 109 Å². The topological polar surface area (TPSA) is 40.5 Å². The van der Waals surface area contributed by atoms with E-state index in [1.165, 1.54) is 0 Å². The molecule has 0 aliphatic heterocycles. The Bertz CT molecular complexity index is 884. The van der Waals surface area contributed by atoms with E-state index in [1.54, 1.807) is 0 Å². The second-order valence-electron chi connectivity index (χ2n) is 13.5. The van der Waals surface area contributed by atoms with Crippen LogP contribution in [0.1, 0.15) is 116 Å². The lowest BCUT2D eigenvalue weighted by Gasteiger charge is -2.34. The molecule has 2 N–H and O–H groups in total.